The molecule has 1 aromatic carbocycles. The number of hydrogen-bond acceptors (Lipinski definition) is 3. The van der Waals surface area contributed by atoms with Crippen molar-refractivity contribution < 1.29 is 5.11 Å². The second kappa shape index (κ2) is 3.89. The fourth-order valence-corrected chi connectivity index (χ4v) is 1.64. The van der Waals surface area contributed by atoms with Crippen LogP contribution in [0.15, 0.2) is 30.6 Å². The van der Waals surface area contributed by atoms with E-state index in [9.17, 15) is 5.11 Å². The van der Waals surface area contributed by atoms with Gasteiger partial charge in [-0.2, -0.15) is 0 Å². The third-order valence-electron chi connectivity index (χ3n) is 2.48. The maximum atomic E-state index is 9.57. The minimum atomic E-state index is 0.0981. The molecule has 0 saturated carbocycles. The second-order valence-corrected chi connectivity index (χ2v) is 4.05. The highest BCUT2D eigenvalue weighted by Gasteiger charge is 2.09. The van der Waals surface area contributed by atoms with Crippen molar-refractivity contribution in [3.8, 4) is 11.4 Å². The maximum absolute atomic E-state index is 9.57. The number of hydrogen-bond donors (Lipinski definition) is 2. The van der Waals surface area contributed by atoms with Gasteiger partial charge < -0.3 is 15.4 Å². The molecule has 0 amide bonds. The standard InChI is InChI=1S/C12H15N3O/c1-8(2)12-14-5-6-15(12)9-3-4-10(13)11(16)7-9/h3-8,16H,13H2,1-2H3. The van der Waals surface area contributed by atoms with E-state index in [2.05, 4.69) is 18.8 Å². The van der Waals surface area contributed by atoms with Crippen molar-refractivity contribution in [1.82, 2.24) is 9.55 Å². The highest BCUT2D eigenvalue weighted by Crippen LogP contribution is 2.25. The molecule has 1 aromatic heterocycles. The fourth-order valence-electron chi connectivity index (χ4n) is 1.64. The zero-order chi connectivity index (χ0) is 11.7. The third-order valence-corrected chi connectivity index (χ3v) is 2.48. The predicted octanol–water partition coefficient (Wildman–Crippen LogP) is 2.28. The lowest BCUT2D eigenvalue weighted by Gasteiger charge is -2.11. The maximum Gasteiger partial charge on any atom is 0.140 e. The number of rotatable bonds is 2. The molecule has 0 fully saturated rings. The molecular weight excluding hydrogens is 202 g/mol. The summed E-state index contributed by atoms with van der Waals surface area (Å²) < 4.78 is 1.95. The summed E-state index contributed by atoms with van der Waals surface area (Å²) in [6.07, 6.45) is 3.63. The molecular formula is C12H15N3O. The minimum absolute atomic E-state index is 0.0981. The summed E-state index contributed by atoms with van der Waals surface area (Å²) in [5.74, 6) is 1.39. The normalized spacial score (nSPS) is 10.9. The van der Waals surface area contributed by atoms with Gasteiger partial charge in [0.1, 0.15) is 11.6 Å². The van der Waals surface area contributed by atoms with E-state index in [0.717, 1.165) is 11.5 Å². The van der Waals surface area contributed by atoms with Gasteiger partial charge in [0.05, 0.1) is 11.4 Å². The Morgan fingerprint density at radius 3 is 2.75 bits per heavy atom. The molecule has 0 radical (unpaired) electrons. The smallest absolute Gasteiger partial charge is 0.140 e. The number of nitrogen functional groups attached to an aromatic ring is 1. The predicted molar refractivity (Wildman–Crippen MR) is 63.7 cm³/mol. The molecule has 16 heavy (non-hydrogen) atoms. The lowest BCUT2D eigenvalue weighted by atomic mass is 10.2. The first kappa shape index (κ1) is 10.5. The Morgan fingerprint density at radius 2 is 2.12 bits per heavy atom. The number of phenolic OH excluding ortho intramolecular Hbond substituents is 1. The Balaban J connectivity index is 2.50. The molecule has 0 aliphatic heterocycles. The Morgan fingerprint density at radius 1 is 1.38 bits per heavy atom. The fraction of sp³-hybridized carbons (Fsp3) is 0.250. The molecule has 0 bridgehead atoms. The van der Waals surface area contributed by atoms with Crippen LogP contribution >= 0.6 is 0 Å². The van der Waals surface area contributed by atoms with Crippen LogP contribution in [0, 0.1) is 0 Å². The molecule has 0 aliphatic rings. The van der Waals surface area contributed by atoms with Crippen LogP contribution in [0.3, 0.4) is 0 Å². The van der Waals surface area contributed by atoms with Crippen molar-refractivity contribution in [3.63, 3.8) is 0 Å². The van der Waals surface area contributed by atoms with Crippen LogP contribution in [0.1, 0.15) is 25.6 Å². The van der Waals surface area contributed by atoms with E-state index in [1.54, 1.807) is 18.3 Å². The number of imidazole rings is 1. The van der Waals surface area contributed by atoms with Crippen LogP contribution in [-0.4, -0.2) is 14.7 Å². The van der Waals surface area contributed by atoms with Gasteiger partial charge in [0.2, 0.25) is 0 Å². The summed E-state index contributed by atoms with van der Waals surface area (Å²) in [6.45, 7) is 4.16. The average molecular weight is 217 g/mol. The lowest BCUT2D eigenvalue weighted by Crippen LogP contribution is -2.02. The minimum Gasteiger partial charge on any atom is -0.506 e. The molecule has 84 valence electrons. The van der Waals surface area contributed by atoms with Crippen molar-refractivity contribution >= 4 is 5.69 Å². The summed E-state index contributed by atoms with van der Waals surface area (Å²) in [5, 5.41) is 9.57. The molecule has 0 spiro atoms. The van der Waals surface area contributed by atoms with Gasteiger partial charge in [-0.3, -0.25) is 0 Å². The molecule has 0 saturated heterocycles. The van der Waals surface area contributed by atoms with Crippen molar-refractivity contribution in [1.29, 1.82) is 0 Å². The molecule has 0 unspecified atom stereocenters. The lowest BCUT2D eigenvalue weighted by molar-refractivity contribution is 0.477. The summed E-state index contributed by atoms with van der Waals surface area (Å²) in [5.41, 5.74) is 6.82. The van der Waals surface area contributed by atoms with Crippen LogP contribution in [0.5, 0.6) is 5.75 Å². The van der Waals surface area contributed by atoms with E-state index >= 15 is 0 Å². The first-order chi connectivity index (χ1) is 7.59. The first-order valence-electron chi connectivity index (χ1n) is 5.21. The van der Waals surface area contributed by atoms with E-state index in [4.69, 9.17) is 5.73 Å². The zero-order valence-electron chi connectivity index (χ0n) is 9.38. The van der Waals surface area contributed by atoms with E-state index in [0.29, 0.717) is 11.6 Å². The number of benzene rings is 1. The number of nitrogens with zero attached hydrogens (tertiary/aromatic N) is 2. The molecule has 2 rings (SSSR count). The monoisotopic (exact) mass is 217 g/mol. The van der Waals surface area contributed by atoms with Gasteiger partial charge in [0, 0.05) is 24.4 Å². The van der Waals surface area contributed by atoms with Crippen LogP contribution in [-0.2, 0) is 0 Å². The van der Waals surface area contributed by atoms with Gasteiger partial charge >= 0.3 is 0 Å². The Labute approximate surface area is 94.4 Å². The van der Waals surface area contributed by atoms with Gasteiger partial charge in [0.25, 0.3) is 0 Å². The van der Waals surface area contributed by atoms with Crippen LogP contribution < -0.4 is 5.73 Å². The molecule has 1 heterocycles. The third kappa shape index (κ3) is 1.74. The Kier molecular flexibility index (Phi) is 2.56. The topological polar surface area (TPSA) is 64.1 Å². The van der Waals surface area contributed by atoms with Gasteiger partial charge in [0.15, 0.2) is 0 Å². The number of nitrogens with two attached hydrogens (primary N) is 1. The van der Waals surface area contributed by atoms with E-state index < -0.39 is 0 Å². The number of aromatic nitrogens is 2. The largest absolute Gasteiger partial charge is 0.506 e. The summed E-state index contributed by atoms with van der Waals surface area (Å²) >= 11 is 0. The number of anilines is 1. The van der Waals surface area contributed by atoms with Crippen molar-refractivity contribution in [2.45, 2.75) is 19.8 Å². The molecule has 2 aromatic rings. The van der Waals surface area contributed by atoms with Gasteiger partial charge in [-0.05, 0) is 12.1 Å². The molecule has 4 nitrogen and oxygen atoms in total. The molecule has 4 heteroatoms. The highest BCUT2D eigenvalue weighted by molar-refractivity contribution is 5.56. The van der Waals surface area contributed by atoms with Gasteiger partial charge in [-0.1, -0.05) is 13.8 Å². The number of aromatic hydroxyl groups is 1. The van der Waals surface area contributed by atoms with E-state index in [1.165, 1.54) is 0 Å². The molecule has 0 aliphatic carbocycles. The van der Waals surface area contributed by atoms with E-state index in [-0.39, 0.29) is 5.75 Å². The van der Waals surface area contributed by atoms with Crippen LogP contribution in [0.4, 0.5) is 5.69 Å². The highest BCUT2D eigenvalue weighted by atomic mass is 16.3. The average Bonchev–Trinajstić information content (AvgIpc) is 2.71. The molecule has 3 N–H and O–H groups in total. The zero-order valence-corrected chi connectivity index (χ0v) is 9.38. The summed E-state index contributed by atoms with van der Waals surface area (Å²) in [6, 6.07) is 5.19. The molecule has 0 atom stereocenters. The quantitative estimate of drug-likeness (QED) is 0.599. The Hall–Kier alpha value is -1.97. The number of phenols is 1. The summed E-state index contributed by atoms with van der Waals surface area (Å²) in [4.78, 5) is 4.29. The van der Waals surface area contributed by atoms with Crippen molar-refractivity contribution in [2.75, 3.05) is 5.73 Å². The Bertz CT molecular complexity index is 503. The SMILES string of the molecule is CC(C)c1nccn1-c1ccc(N)c(O)c1. The van der Waals surface area contributed by atoms with Gasteiger partial charge in [-0.25, -0.2) is 4.98 Å². The van der Waals surface area contributed by atoms with Gasteiger partial charge in [-0.15, -0.1) is 0 Å². The van der Waals surface area contributed by atoms with Crippen molar-refractivity contribution in [2.24, 2.45) is 0 Å². The van der Waals surface area contributed by atoms with Crippen LogP contribution in [0.2, 0.25) is 0 Å². The second-order valence-electron chi connectivity index (χ2n) is 4.05. The first-order valence-corrected chi connectivity index (χ1v) is 5.21. The summed E-state index contributed by atoms with van der Waals surface area (Å²) in [7, 11) is 0. The van der Waals surface area contributed by atoms with E-state index in [1.807, 2.05) is 16.8 Å². The van der Waals surface area contributed by atoms with Crippen molar-refractivity contribution in [3.05, 3.63) is 36.4 Å². The van der Waals surface area contributed by atoms with Crippen LogP contribution in [0.25, 0.3) is 5.69 Å².